The number of pyridine rings is 1. The molecule has 0 saturated heterocycles. The van der Waals surface area contributed by atoms with E-state index in [2.05, 4.69) is 34.6 Å². The van der Waals surface area contributed by atoms with E-state index in [0.717, 1.165) is 17.2 Å². The maximum atomic E-state index is 12.1. The van der Waals surface area contributed by atoms with E-state index in [4.69, 9.17) is 0 Å². The summed E-state index contributed by atoms with van der Waals surface area (Å²) >= 11 is 1.40. The molecule has 0 radical (unpaired) electrons. The first kappa shape index (κ1) is 16.5. The molecule has 1 aromatic carbocycles. The molecular formula is C18H20N4OS. The maximum Gasteiger partial charge on any atom is 0.230 e. The number of thioether (sulfide) groups is 1. The quantitative estimate of drug-likeness (QED) is 0.671. The lowest BCUT2D eigenvalue weighted by atomic mass is 9.96. The Morgan fingerprint density at radius 3 is 2.75 bits per heavy atom. The summed E-state index contributed by atoms with van der Waals surface area (Å²) in [4.78, 5) is 12.1. The fourth-order valence-electron chi connectivity index (χ4n) is 2.56. The first-order valence-electron chi connectivity index (χ1n) is 8.02. The molecule has 2 aromatic heterocycles. The average Bonchev–Trinajstić information content (AvgIpc) is 3.04. The summed E-state index contributed by atoms with van der Waals surface area (Å²) in [6.07, 6.45) is 2.89. The van der Waals surface area contributed by atoms with Gasteiger partial charge in [0.1, 0.15) is 0 Å². The van der Waals surface area contributed by atoms with Gasteiger partial charge in [-0.05, 0) is 24.1 Å². The molecule has 0 aliphatic carbocycles. The van der Waals surface area contributed by atoms with Crippen LogP contribution in [0.1, 0.15) is 24.8 Å². The average molecular weight is 340 g/mol. The SMILES string of the molecule is CC[C@H](CNC(=O)CSc1nnc2ccccn12)c1ccccc1. The van der Waals surface area contributed by atoms with Gasteiger partial charge in [0.2, 0.25) is 5.91 Å². The number of nitrogens with zero attached hydrogens (tertiary/aromatic N) is 3. The Morgan fingerprint density at radius 2 is 1.96 bits per heavy atom. The van der Waals surface area contributed by atoms with Crippen molar-refractivity contribution < 1.29 is 4.79 Å². The minimum Gasteiger partial charge on any atom is -0.355 e. The monoisotopic (exact) mass is 340 g/mol. The van der Waals surface area contributed by atoms with E-state index in [9.17, 15) is 4.79 Å². The lowest BCUT2D eigenvalue weighted by Gasteiger charge is -2.16. The van der Waals surface area contributed by atoms with E-state index in [1.165, 1.54) is 17.3 Å². The Bertz CT molecular complexity index is 803. The Labute approximate surface area is 145 Å². The van der Waals surface area contributed by atoms with Crippen LogP contribution in [0.5, 0.6) is 0 Å². The largest absolute Gasteiger partial charge is 0.355 e. The van der Waals surface area contributed by atoms with E-state index in [0.29, 0.717) is 18.2 Å². The van der Waals surface area contributed by atoms with Gasteiger partial charge in [0.25, 0.3) is 0 Å². The van der Waals surface area contributed by atoms with E-state index in [1.54, 1.807) is 0 Å². The van der Waals surface area contributed by atoms with Crippen molar-refractivity contribution in [3.8, 4) is 0 Å². The molecule has 124 valence electrons. The van der Waals surface area contributed by atoms with Crippen LogP contribution in [-0.2, 0) is 4.79 Å². The molecule has 0 saturated carbocycles. The van der Waals surface area contributed by atoms with Gasteiger partial charge in [0.15, 0.2) is 10.8 Å². The predicted octanol–water partition coefficient (Wildman–Crippen LogP) is 3.13. The van der Waals surface area contributed by atoms with Crippen LogP contribution in [0.4, 0.5) is 0 Å². The molecule has 3 aromatic rings. The third-order valence-corrected chi connectivity index (χ3v) is 4.87. The zero-order chi connectivity index (χ0) is 16.8. The highest BCUT2D eigenvalue weighted by Crippen LogP contribution is 2.19. The van der Waals surface area contributed by atoms with E-state index in [1.807, 2.05) is 47.0 Å². The van der Waals surface area contributed by atoms with Gasteiger partial charge < -0.3 is 5.32 Å². The molecule has 0 aliphatic rings. The molecule has 1 N–H and O–H groups in total. The number of aromatic nitrogens is 3. The van der Waals surface area contributed by atoms with Gasteiger partial charge in [0.05, 0.1) is 5.75 Å². The normalized spacial score (nSPS) is 12.2. The molecular weight excluding hydrogens is 320 g/mol. The number of hydrogen-bond acceptors (Lipinski definition) is 4. The molecule has 3 rings (SSSR count). The highest BCUT2D eigenvalue weighted by molar-refractivity contribution is 7.99. The number of benzene rings is 1. The van der Waals surface area contributed by atoms with Gasteiger partial charge in [-0.25, -0.2) is 0 Å². The molecule has 6 heteroatoms. The molecule has 1 atom stereocenters. The highest BCUT2D eigenvalue weighted by atomic mass is 32.2. The molecule has 1 amide bonds. The second kappa shape index (κ2) is 7.97. The molecule has 0 fully saturated rings. The number of rotatable bonds is 7. The van der Waals surface area contributed by atoms with Gasteiger partial charge in [-0.15, -0.1) is 10.2 Å². The van der Waals surface area contributed by atoms with Crippen LogP contribution in [0.15, 0.2) is 59.9 Å². The summed E-state index contributed by atoms with van der Waals surface area (Å²) in [7, 11) is 0. The summed E-state index contributed by atoms with van der Waals surface area (Å²) in [6, 6.07) is 16.0. The number of nitrogens with one attached hydrogen (secondary N) is 1. The summed E-state index contributed by atoms with van der Waals surface area (Å²) in [5.41, 5.74) is 2.05. The molecule has 0 aliphatic heterocycles. The number of fused-ring (bicyclic) bond motifs is 1. The summed E-state index contributed by atoms with van der Waals surface area (Å²) < 4.78 is 1.89. The topological polar surface area (TPSA) is 59.3 Å². The van der Waals surface area contributed by atoms with Gasteiger partial charge >= 0.3 is 0 Å². The van der Waals surface area contributed by atoms with Crippen molar-refractivity contribution in [3.05, 3.63) is 60.3 Å². The van der Waals surface area contributed by atoms with Crippen LogP contribution in [0.25, 0.3) is 5.65 Å². The minimum absolute atomic E-state index is 0.0158. The van der Waals surface area contributed by atoms with Crippen molar-refractivity contribution in [2.45, 2.75) is 24.4 Å². The molecule has 5 nitrogen and oxygen atoms in total. The zero-order valence-corrected chi connectivity index (χ0v) is 14.4. The van der Waals surface area contributed by atoms with Gasteiger partial charge in [0, 0.05) is 18.7 Å². The lowest BCUT2D eigenvalue weighted by Crippen LogP contribution is -2.29. The van der Waals surface area contributed by atoms with Gasteiger partial charge in [-0.2, -0.15) is 0 Å². The number of amides is 1. The number of carbonyl (C=O) groups excluding carboxylic acids is 1. The molecule has 0 spiro atoms. The molecule has 24 heavy (non-hydrogen) atoms. The third-order valence-electron chi connectivity index (χ3n) is 3.92. The van der Waals surface area contributed by atoms with E-state index in [-0.39, 0.29) is 5.91 Å². The highest BCUT2D eigenvalue weighted by Gasteiger charge is 2.12. The Balaban J connectivity index is 1.52. The second-order valence-corrected chi connectivity index (χ2v) is 6.46. The lowest BCUT2D eigenvalue weighted by molar-refractivity contribution is -0.118. The minimum atomic E-state index is 0.0158. The molecule has 0 unspecified atom stereocenters. The van der Waals surface area contributed by atoms with Crippen LogP contribution in [0.3, 0.4) is 0 Å². The fraction of sp³-hybridized carbons (Fsp3) is 0.278. The summed E-state index contributed by atoms with van der Waals surface area (Å²) in [6.45, 7) is 2.79. The first-order chi connectivity index (χ1) is 11.8. The van der Waals surface area contributed by atoms with Crippen LogP contribution in [0.2, 0.25) is 0 Å². The van der Waals surface area contributed by atoms with Crippen LogP contribution in [-0.4, -0.2) is 32.8 Å². The van der Waals surface area contributed by atoms with Crippen molar-refractivity contribution in [1.29, 1.82) is 0 Å². The van der Waals surface area contributed by atoms with Crippen molar-refractivity contribution in [1.82, 2.24) is 19.9 Å². The van der Waals surface area contributed by atoms with Crippen LogP contribution >= 0.6 is 11.8 Å². The van der Waals surface area contributed by atoms with Crippen molar-refractivity contribution in [2.24, 2.45) is 0 Å². The van der Waals surface area contributed by atoms with Crippen molar-refractivity contribution in [2.75, 3.05) is 12.3 Å². The summed E-state index contributed by atoms with van der Waals surface area (Å²) in [5, 5.41) is 12.0. The number of hydrogen-bond donors (Lipinski definition) is 1. The first-order valence-corrected chi connectivity index (χ1v) is 9.00. The van der Waals surface area contributed by atoms with Crippen LogP contribution in [0, 0.1) is 0 Å². The molecule has 2 heterocycles. The number of carbonyl (C=O) groups is 1. The Morgan fingerprint density at radius 1 is 1.17 bits per heavy atom. The molecule has 0 bridgehead atoms. The standard InChI is InChI=1S/C18H20N4OS/c1-2-14(15-8-4-3-5-9-15)12-19-17(23)13-24-18-21-20-16-10-6-7-11-22(16)18/h3-11,14H,2,12-13H2,1H3,(H,19,23)/t14-/m1/s1. The van der Waals surface area contributed by atoms with Crippen molar-refractivity contribution >= 4 is 23.3 Å². The Kier molecular flexibility index (Phi) is 5.48. The van der Waals surface area contributed by atoms with Gasteiger partial charge in [-0.1, -0.05) is 55.1 Å². The van der Waals surface area contributed by atoms with Crippen LogP contribution < -0.4 is 5.32 Å². The second-order valence-electron chi connectivity index (χ2n) is 5.52. The summed E-state index contributed by atoms with van der Waals surface area (Å²) in [5.74, 6) is 0.692. The zero-order valence-electron chi connectivity index (χ0n) is 13.6. The van der Waals surface area contributed by atoms with Gasteiger partial charge in [-0.3, -0.25) is 9.20 Å². The maximum absolute atomic E-state index is 12.1. The van der Waals surface area contributed by atoms with Crippen molar-refractivity contribution in [3.63, 3.8) is 0 Å². The fourth-order valence-corrected chi connectivity index (χ4v) is 3.31. The third kappa shape index (κ3) is 3.94. The Hall–Kier alpha value is -2.34. The van der Waals surface area contributed by atoms with E-state index < -0.39 is 0 Å². The van der Waals surface area contributed by atoms with E-state index >= 15 is 0 Å². The predicted molar refractivity (Wildman–Crippen MR) is 96.2 cm³/mol. The smallest absolute Gasteiger partial charge is 0.230 e.